The Morgan fingerprint density at radius 2 is 1.89 bits per heavy atom. The fraction of sp³-hybridized carbons (Fsp3) is 0.167. The van der Waals surface area contributed by atoms with Crippen molar-refractivity contribution in [1.29, 1.82) is 0 Å². The summed E-state index contributed by atoms with van der Waals surface area (Å²) in [5.74, 6) is 0.238. The number of nitrogen functional groups attached to an aromatic ring is 1. The molecule has 1 aromatic heterocycles. The normalized spacial score (nSPS) is 13.9. The molecule has 2 heterocycles. The van der Waals surface area contributed by atoms with Gasteiger partial charge in [0.1, 0.15) is 0 Å². The van der Waals surface area contributed by atoms with Gasteiger partial charge in [0.05, 0.1) is 10.6 Å². The van der Waals surface area contributed by atoms with E-state index in [1.54, 1.807) is 29.0 Å². The van der Waals surface area contributed by atoms with Crippen molar-refractivity contribution in [3.8, 4) is 11.3 Å². The molecule has 0 unspecified atom stereocenters. The maximum Gasteiger partial charge on any atom is 0.289 e. The Hall–Kier alpha value is -3.40. The number of benzene rings is 2. The SMILES string of the molecule is Nc1cccc(-c2cn3c(n2)N(S(=O)(=O)c2ccccc2[N+](=O)[O-])CCC3)c1. The summed E-state index contributed by atoms with van der Waals surface area (Å²) in [4.78, 5) is 14.8. The van der Waals surface area contributed by atoms with Gasteiger partial charge in [-0.3, -0.25) is 10.1 Å². The van der Waals surface area contributed by atoms with Crippen LogP contribution in [0.4, 0.5) is 17.3 Å². The van der Waals surface area contributed by atoms with Crippen molar-refractivity contribution in [2.45, 2.75) is 17.9 Å². The minimum Gasteiger partial charge on any atom is -0.399 e. The Kier molecular flexibility index (Phi) is 4.27. The highest BCUT2D eigenvalue weighted by atomic mass is 32.2. The Morgan fingerprint density at radius 3 is 2.64 bits per heavy atom. The van der Waals surface area contributed by atoms with Crippen LogP contribution in [0.25, 0.3) is 11.3 Å². The molecule has 0 saturated carbocycles. The number of nitro benzene ring substituents is 1. The zero-order valence-corrected chi connectivity index (χ0v) is 15.5. The summed E-state index contributed by atoms with van der Waals surface area (Å²) >= 11 is 0. The number of hydrogen-bond acceptors (Lipinski definition) is 6. The maximum absolute atomic E-state index is 13.2. The summed E-state index contributed by atoms with van der Waals surface area (Å²) < 4.78 is 29.3. The monoisotopic (exact) mass is 399 g/mol. The van der Waals surface area contributed by atoms with Crippen LogP contribution in [0.1, 0.15) is 6.42 Å². The molecule has 0 fully saturated rings. The largest absolute Gasteiger partial charge is 0.399 e. The highest BCUT2D eigenvalue weighted by Gasteiger charge is 2.35. The number of rotatable bonds is 4. The van der Waals surface area contributed by atoms with Crippen LogP contribution in [0, 0.1) is 10.1 Å². The molecule has 0 spiro atoms. The lowest BCUT2D eigenvalue weighted by atomic mass is 10.1. The summed E-state index contributed by atoms with van der Waals surface area (Å²) in [5.41, 5.74) is 7.31. The van der Waals surface area contributed by atoms with Crippen LogP contribution in [0.2, 0.25) is 0 Å². The highest BCUT2D eigenvalue weighted by Crippen LogP contribution is 2.33. The van der Waals surface area contributed by atoms with Gasteiger partial charge < -0.3 is 10.3 Å². The number of nitro groups is 1. The first kappa shape index (κ1) is 18.0. The molecule has 0 bridgehead atoms. The minimum atomic E-state index is -4.14. The third-order valence-corrected chi connectivity index (χ3v) is 6.38. The highest BCUT2D eigenvalue weighted by molar-refractivity contribution is 7.93. The third kappa shape index (κ3) is 2.97. The van der Waals surface area contributed by atoms with E-state index in [1.807, 2.05) is 6.07 Å². The molecule has 144 valence electrons. The van der Waals surface area contributed by atoms with Crippen LogP contribution in [0.15, 0.2) is 59.6 Å². The van der Waals surface area contributed by atoms with E-state index in [2.05, 4.69) is 4.98 Å². The number of imidazole rings is 1. The fourth-order valence-corrected chi connectivity index (χ4v) is 4.89. The molecule has 0 aliphatic carbocycles. The van der Waals surface area contributed by atoms with Gasteiger partial charge in [-0.25, -0.2) is 17.7 Å². The van der Waals surface area contributed by atoms with E-state index in [1.165, 1.54) is 24.3 Å². The van der Waals surface area contributed by atoms with Crippen LogP contribution in [-0.4, -0.2) is 29.4 Å². The Bertz CT molecular complexity index is 1170. The molecule has 0 saturated heterocycles. The lowest BCUT2D eigenvalue weighted by Crippen LogP contribution is -2.38. The van der Waals surface area contributed by atoms with E-state index < -0.39 is 20.6 Å². The molecule has 1 aliphatic rings. The number of para-hydroxylation sites is 1. The van der Waals surface area contributed by atoms with Gasteiger partial charge in [0.25, 0.3) is 15.7 Å². The average molecular weight is 399 g/mol. The average Bonchev–Trinajstić information content (AvgIpc) is 3.12. The Balaban J connectivity index is 1.81. The van der Waals surface area contributed by atoms with E-state index in [0.29, 0.717) is 24.3 Å². The first-order valence-electron chi connectivity index (χ1n) is 8.57. The van der Waals surface area contributed by atoms with Crippen molar-refractivity contribution in [3.63, 3.8) is 0 Å². The molecule has 0 amide bonds. The second-order valence-corrected chi connectivity index (χ2v) is 8.23. The first-order chi connectivity index (χ1) is 13.4. The van der Waals surface area contributed by atoms with Gasteiger partial charge in [-0.1, -0.05) is 24.3 Å². The molecule has 1 aliphatic heterocycles. The van der Waals surface area contributed by atoms with Gasteiger partial charge in [0.15, 0.2) is 4.90 Å². The van der Waals surface area contributed by atoms with Gasteiger partial charge in [0.2, 0.25) is 5.95 Å². The number of sulfonamides is 1. The molecule has 2 aromatic carbocycles. The number of anilines is 2. The number of fused-ring (bicyclic) bond motifs is 1. The second-order valence-electron chi connectivity index (χ2n) is 6.40. The molecule has 10 heteroatoms. The van der Waals surface area contributed by atoms with Gasteiger partial charge >= 0.3 is 0 Å². The van der Waals surface area contributed by atoms with Crippen molar-refractivity contribution in [2.75, 3.05) is 16.6 Å². The topological polar surface area (TPSA) is 124 Å². The van der Waals surface area contributed by atoms with E-state index in [-0.39, 0.29) is 17.4 Å². The summed E-state index contributed by atoms with van der Waals surface area (Å²) in [6, 6.07) is 12.5. The number of nitrogens with two attached hydrogens (primary N) is 1. The molecule has 0 radical (unpaired) electrons. The lowest BCUT2D eigenvalue weighted by molar-refractivity contribution is -0.387. The summed E-state index contributed by atoms with van der Waals surface area (Å²) in [6.07, 6.45) is 2.34. The zero-order chi connectivity index (χ0) is 19.9. The Labute approximate surface area is 161 Å². The molecule has 2 N–H and O–H groups in total. The predicted octanol–water partition coefficient (Wildman–Crippen LogP) is 2.64. The number of hydrogen-bond donors (Lipinski definition) is 1. The number of aryl methyl sites for hydroxylation is 1. The zero-order valence-electron chi connectivity index (χ0n) is 14.7. The quantitative estimate of drug-likeness (QED) is 0.408. The van der Waals surface area contributed by atoms with Crippen LogP contribution in [-0.2, 0) is 16.6 Å². The summed E-state index contributed by atoms with van der Waals surface area (Å²) in [6.45, 7) is 0.801. The van der Waals surface area contributed by atoms with Gasteiger partial charge in [-0.2, -0.15) is 0 Å². The standard InChI is InChI=1S/C18H17N5O4S/c19-14-6-3-5-13(11-14)15-12-21-9-4-10-22(18(21)20-15)28(26,27)17-8-2-1-7-16(17)23(24)25/h1-3,5-8,11-12H,4,9-10,19H2. The van der Waals surface area contributed by atoms with E-state index in [0.717, 1.165) is 9.87 Å². The van der Waals surface area contributed by atoms with E-state index in [9.17, 15) is 18.5 Å². The van der Waals surface area contributed by atoms with Gasteiger partial charge in [-0.05, 0) is 24.6 Å². The van der Waals surface area contributed by atoms with E-state index in [4.69, 9.17) is 5.73 Å². The number of nitrogens with zero attached hydrogens (tertiary/aromatic N) is 4. The minimum absolute atomic E-state index is 0.196. The van der Waals surface area contributed by atoms with Crippen molar-refractivity contribution < 1.29 is 13.3 Å². The van der Waals surface area contributed by atoms with Gasteiger partial charge in [0, 0.05) is 36.6 Å². The molecule has 9 nitrogen and oxygen atoms in total. The molecule has 0 atom stereocenters. The molecular formula is C18H17N5O4S. The molecular weight excluding hydrogens is 382 g/mol. The summed E-state index contributed by atoms with van der Waals surface area (Å²) in [7, 11) is -4.14. The van der Waals surface area contributed by atoms with Crippen LogP contribution >= 0.6 is 0 Å². The first-order valence-corrected chi connectivity index (χ1v) is 10.0. The second kappa shape index (κ2) is 6.64. The molecule has 28 heavy (non-hydrogen) atoms. The lowest BCUT2D eigenvalue weighted by Gasteiger charge is -2.27. The third-order valence-electron chi connectivity index (χ3n) is 4.55. The van der Waals surface area contributed by atoms with Crippen LogP contribution in [0.3, 0.4) is 0 Å². The van der Waals surface area contributed by atoms with Crippen molar-refractivity contribution in [3.05, 3.63) is 64.8 Å². The summed E-state index contributed by atoms with van der Waals surface area (Å²) in [5, 5.41) is 11.3. The van der Waals surface area contributed by atoms with Crippen molar-refractivity contribution in [2.24, 2.45) is 0 Å². The fourth-order valence-electron chi connectivity index (χ4n) is 3.26. The number of aromatic nitrogens is 2. The van der Waals surface area contributed by atoms with E-state index >= 15 is 0 Å². The molecule has 4 rings (SSSR count). The Morgan fingerprint density at radius 1 is 1.11 bits per heavy atom. The van der Waals surface area contributed by atoms with Gasteiger partial charge in [-0.15, -0.1) is 0 Å². The molecule has 3 aromatic rings. The predicted molar refractivity (Wildman–Crippen MR) is 104 cm³/mol. The maximum atomic E-state index is 13.2. The van der Waals surface area contributed by atoms with Crippen LogP contribution in [0.5, 0.6) is 0 Å². The smallest absolute Gasteiger partial charge is 0.289 e. The van der Waals surface area contributed by atoms with Crippen LogP contribution < -0.4 is 10.0 Å². The van der Waals surface area contributed by atoms with Crippen molar-refractivity contribution >= 4 is 27.3 Å². The van der Waals surface area contributed by atoms with Crippen molar-refractivity contribution in [1.82, 2.24) is 9.55 Å².